The summed E-state index contributed by atoms with van der Waals surface area (Å²) in [7, 11) is 1.75. The molecule has 0 bridgehead atoms. The highest BCUT2D eigenvalue weighted by molar-refractivity contribution is 7.80. The number of carbonyl (C=O) groups excluding carboxylic acids is 1. The van der Waals surface area contributed by atoms with E-state index in [1.807, 2.05) is 38.1 Å². The molecule has 0 radical (unpaired) electrons. The van der Waals surface area contributed by atoms with Crippen LogP contribution in [0.5, 0.6) is 0 Å². The van der Waals surface area contributed by atoms with Crippen molar-refractivity contribution in [1.82, 2.24) is 0 Å². The Kier molecular flexibility index (Phi) is 4.46. The summed E-state index contributed by atoms with van der Waals surface area (Å²) in [6, 6.07) is 7.79. The lowest BCUT2D eigenvalue weighted by Gasteiger charge is -2.31. The van der Waals surface area contributed by atoms with E-state index in [0.717, 1.165) is 11.3 Å². The van der Waals surface area contributed by atoms with Crippen LogP contribution >= 0.6 is 12.2 Å². The number of amides is 1. The summed E-state index contributed by atoms with van der Waals surface area (Å²) in [4.78, 5) is 14.4. The van der Waals surface area contributed by atoms with Gasteiger partial charge in [0.15, 0.2) is 0 Å². The molecule has 0 aliphatic carbocycles. The first-order chi connectivity index (χ1) is 8.32. The minimum atomic E-state index is -0.784. The third-order valence-corrected chi connectivity index (χ3v) is 3.87. The zero-order valence-corrected chi connectivity index (χ0v) is 12.2. The van der Waals surface area contributed by atoms with Gasteiger partial charge < -0.3 is 10.6 Å². The number of nitrogens with two attached hydrogens (primary N) is 1. The number of hydrogen-bond acceptors (Lipinski definition) is 2. The summed E-state index contributed by atoms with van der Waals surface area (Å²) in [6.45, 7) is 5.71. The molecule has 1 aromatic rings. The topological polar surface area (TPSA) is 46.3 Å². The van der Waals surface area contributed by atoms with Crippen molar-refractivity contribution in [2.24, 2.45) is 11.1 Å². The molecule has 0 aliphatic heterocycles. The number of nitrogens with zero attached hydrogens (tertiary/aromatic N) is 1. The Bertz CT molecular complexity index is 473. The largest absolute Gasteiger partial charge is 0.392 e. The Balaban J connectivity index is 3.07. The highest BCUT2D eigenvalue weighted by Crippen LogP contribution is 2.27. The van der Waals surface area contributed by atoms with Gasteiger partial charge in [-0.1, -0.05) is 31.3 Å². The molecule has 4 heteroatoms. The van der Waals surface area contributed by atoms with E-state index in [9.17, 15) is 4.79 Å². The van der Waals surface area contributed by atoms with E-state index in [0.29, 0.717) is 6.42 Å². The van der Waals surface area contributed by atoms with Crippen LogP contribution in [0, 0.1) is 12.3 Å². The molecule has 2 N–H and O–H groups in total. The van der Waals surface area contributed by atoms with Crippen LogP contribution in [0.25, 0.3) is 0 Å². The van der Waals surface area contributed by atoms with Gasteiger partial charge >= 0.3 is 0 Å². The second-order valence-electron chi connectivity index (χ2n) is 4.75. The Labute approximate surface area is 114 Å². The van der Waals surface area contributed by atoms with Crippen LogP contribution < -0.4 is 10.6 Å². The van der Waals surface area contributed by atoms with Crippen molar-refractivity contribution < 1.29 is 4.79 Å². The molecular weight excluding hydrogens is 244 g/mol. The number of carbonyl (C=O) groups is 1. The van der Waals surface area contributed by atoms with Crippen molar-refractivity contribution in [2.75, 3.05) is 11.9 Å². The van der Waals surface area contributed by atoms with Crippen LogP contribution in [0.1, 0.15) is 25.8 Å². The molecule has 1 amide bonds. The molecular formula is C14H20N2OS. The van der Waals surface area contributed by atoms with E-state index < -0.39 is 5.41 Å². The monoisotopic (exact) mass is 264 g/mol. The standard InChI is InChI=1S/C14H20N2OS/c1-5-14(3,12(15)18)13(17)16(4)11-8-6-7-10(2)9-11/h6-9H,5H2,1-4H3,(H2,15,18). The number of anilines is 1. The first-order valence-electron chi connectivity index (χ1n) is 5.97. The van der Waals surface area contributed by atoms with Gasteiger partial charge in [0, 0.05) is 12.7 Å². The molecule has 0 aliphatic rings. The zero-order valence-electron chi connectivity index (χ0n) is 11.4. The van der Waals surface area contributed by atoms with Gasteiger partial charge in [0.2, 0.25) is 5.91 Å². The Morgan fingerprint density at radius 3 is 2.56 bits per heavy atom. The molecule has 0 heterocycles. The molecule has 98 valence electrons. The van der Waals surface area contributed by atoms with Crippen molar-refractivity contribution >= 4 is 28.8 Å². The maximum atomic E-state index is 12.5. The first kappa shape index (κ1) is 14.6. The van der Waals surface area contributed by atoms with E-state index in [1.165, 1.54) is 0 Å². The summed E-state index contributed by atoms with van der Waals surface area (Å²) in [5.41, 5.74) is 6.90. The molecule has 1 aromatic carbocycles. The van der Waals surface area contributed by atoms with Gasteiger partial charge in [-0.15, -0.1) is 0 Å². The first-order valence-corrected chi connectivity index (χ1v) is 6.38. The van der Waals surface area contributed by atoms with E-state index in [4.69, 9.17) is 18.0 Å². The van der Waals surface area contributed by atoms with Crippen LogP contribution in [-0.4, -0.2) is 17.9 Å². The van der Waals surface area contributed by atoms with Gasteiger partial charge in [-0.25, -0.2) is 0 Å². The van der Waals surface area contributed by atoms with E-state index in [-0.39, 0.29) is 10.9 Å². The third-order valence-electron chi connectivity index (χ3n) is 3.42. The van der Waals surface area contributed by atoms with Crippen molar-refractivity contribution in [3.05, 3.63) is 29.8 Å². The molecule has 18 heavy (non-hydrogen) atoms. The van der Waals surface area contributed by atoms with Gasteiger partial charge in [-0.05, 0) is 38.0 Å². The van der Waals surface area contributed by atoms with Crippen molar-refractivity contribution in [3.63, 3.8) is 0 Å². The highest BCUT2D eigenvalue weighted by Gasteiger charge is 2.37. The normalized spacial score (nSPS) is 13.8. The lowest BCUT2D eigenvalue weighted by atomic mass is 9.85. The number of benzene rings is 1. The minimum Gasteiger partial charge on any atom is -0.392 e. The molecule has 3 nitrogen and oxygen atoms in total. The van der Waals surface area contributed by atoms with Crippen LogP contribution in [-0.2, 0) is 4.79 Å². The predicted octanol–water partition coefficient (Wildman–Crippen LogP) is 2.66. The van der Waals surface area contributed by atoms with Crippen LogP contribution in [0.3, 0.4) is 0 Å². The summed E-state index contributed by atoms with van der Waals surface area (Å²) in [5.74, 6) is -0.0666. The second kappa shape index (κ2) is 5.48. The maximum absolute atomic E-state index is 12.5. The highest BCUT2D eigenvalue weighted by atomic mass is 32.1. The maximum Gasteiger partial charge on any atom is 0.239 e. The average Bonchev–Trinajstić information content (AvgIpc) is 2.35. The molecule has 1 atom stereocenters. The average molecular weight is 264 g/mol. The summed E-state index contributed by atoms with van der Waals surface area (Å²) in [5, 5.41) is 0. The molecule has 0 saturated carbocycles. The number of rotatable bonds is 4. The lowest BCUT2D eigenvalue weighted by molar-refractivity contribution is -0.124. The van der Waals surface area contributed by atoms with Crippen molar-refractivity contribution in [2.45, 2.75) is 27.2 Å². The van der Waals surface area contributed by atoms with Gasteiger partial charge in [-0.2, -0.15) is 0 Å². The van der Waals surface area contributed by atoms with Crippen LogP contribution in [0.4, 0.5) is 5.69 Å². The quantitative estimate of drug-likeness (QED) is 0.850. The summed E-state index contributed by atoms with van der Waals surface area (Å²) in [6.07, 6.45) is 0.595. The second-order valence-corrected chi connectivity index (χ2v) is 5.19. The van der Waals surface area contributed by atoms with Crippen LogP contribution in [0.2, 0.25) is 0 Å². The van der Waals surface area contributed by atoms with Crippen molar-refractivity contribution in [3.8, 4) is 0 Å². The number of thiocarbonyl (C=S) groups is 1. The fourth-order valence-electron chi connectivity index (χ4n) is 1.75. The summed E-state index contributed by atoms with van der Waals surface area (Å²) >= 11 is 5.03. The fraction of sp³-hybridized carbons (Fsp3) is 0.429. The molecule has 0 spiro atoms. The molecule has 0 saturated heterocycles. The number of aryl methyl sites for hydroxylation is 1. The smallest absolute Gasteiger partial charge is 0.239 e. The molecule has 0 aromatic heterocycles. The van der Waals surface area contributed by atoms with Crippen LogP contribution in [0.15, 0.2) is 24.3 Å². The zero-order chi connectivity index (χ0) is 13.9. The minimum absolute atomic E-state index is 0.0666. The van der Waals surface area contributed by atoms with E-state index in [1.54, 1.807) is 18.9 Å². The third kappa shape index (κ3) is 2.70. The SMILES string of the molecule is CCC(C)(C(=O)N(C)c1cccc(C)c1)C(N)=S. The number of hydrogen-bond donors (Lipinski definition) is 1. The Hall–Kier alpha value is -1.42. The lowest BCUT2D eigenvalue weighted by Crippen LogP contribution is -2.47. The van der Waals surface area contributed by atoms with Crippen molar-refractivity contribution in [1.29, 1.82) is 0 Å². The molecule has 1 rings (SSSR count). The molecule has 0 fully saturated rings. The van der Waals surface area contributed by atoms with E-state index in [2.05, 4.69) is 0 Å². The van der Waals surface area contributed by atoms with Gasteiger partial charge in [0.25, 0.3) is 0 Å². The Morgan fingerprint density at radius 2 is 2.11 bits per heavy atom. The van der Waals surface area contributed by atoms with E-state index >= 15 is 0 Å². The molecule has 1 unspecified atom stereocenters. The van der Waals surface area contributed by atoms with Gasteiger partial charge in [0.1, 0.15) is 0 Å². The fourth-order valence-corrected chi connectivity index (χ4v) is 1.99. The van der Waals surface area contributed by atoms with Gasteiger partial charge in [0.05, 0.1) is 10.4 Å². The predicted molar refractivity (Wildman–Crippen MR) is 79.8 cm³/mol. The van der Waals surface area contributed by atoms with Gasteiger partial charge in [-0.3, -0.25) is 4.79 Å². The Morgan fingerprint density at radius 1 is 1.50 bits per heavy atom. The summed E-state index contributed by atoms with van der Waals surface area (Å²) < 4.78 is 0.